The minimum atomic E-state index is -0.292. The molecule has 2 aliphatic carbocycles. The minimum absolute atomic E-state index is 0.0376. The van der Waals surface area contributed by atoms with Crippen LogP contribution in [-0.4, -0.2) is 11.6 Å². The van der Waals surface area contributed by atoms with Gasteiger partial charge < -0.3 is 0 Å². The van der Waals surface area contributed by atoms with Gasteiger partial charge in [0.15, 0.2) is 11.6 Å². The molecule has 0 saturated heterocycles. The van der Waals surface area contributed by atoms with E-state index in [4.69, 9.17) is 12.8 Å². The number of benzene rings is 2. The zero-order valence-corrected chi connectivity index (χ0v) is 12.3. The van der Waals surface area contributed by atoms with E-state index in [9.17, 15) is 9.59 Å². The standard InChI is InChI=1S/C21H12O2/c1-3-12-5-7-14-16(9-12)20(22)19-11-18(14)21(23)17-10-13(4-2)6-8-15(17)19/h1-2,5-10,18-19H,11H2/t18-,19-/m1/s1. The van der Waals surface area contributed by atoms with Crippen molar-refractivity contribution in [1.29, 1.82) is 0 Å². The van der Waals surface area contributed by atoms with E-state index >= 15 is 0 Å². The van der Waals surface area contributed by atoms with Gasteiger partial charge in [0.2, 0.25) is 0 Å². The molecule has 0 amide bonds. The third kappa shape index (κ3) is 1.79. The van der Waals surface area contributed by atoms with E-state index in [1.807, 2.05) is 12.1 Å². The Hall–Kier alpha value is -3.10. The van der Waals surface area contributed by atoms with Crippen molar-refractivity contribution in [2.75, 3.05) is 0 Å². The molecule has 2 bridgehead atoms. The van der Waals surface area contributed by atoms with Gasteiger partial charge >= 0.3 is 0 Å². The molecule has 2 atom stereocenters. The number of rotatable bonds is 0. The lowest BCUT2D eigenvalue weighted by Crippen LogP contribution is -2.34. The predicted octanol–water partition coefficient (Wildman–Crippen LogP) is 3.30. The van der Waals surface area contributed by atoms with Crippen LogP contribution >= 0.6 is 0 Å². The summed E-state index contributed by atoms with van der Waals surface area (Å²) >= 11 is 0. The molecule has 0 radical (unpaired) electrons. The Kier molecular flexibility index (Phi) is 2.77. The molecular formula is C21H12O2. The number of hydrogen-bond acceptors (Lipinski definition) is 2. The highest BCUT2D eigenvalue weighted by Gasteiger charge is 2.43. The fourth-order valence-corrected chi connectivity index (χ4v) is 3.69. The lowest BCUT2D eigenvalue weighted by molar-refractivity contribution is 0.0875. The van der Waals surface area contributed by atoms with Crippen molar-refractivity contribution < 1.29 is 9.59 Å². The summed E-state index contributed by atoms with van der Waals surface area (Å²) in [5, 5.41) is 0. The molecule has 0 heterocycles. The van der Waals surface area contributed by atoms with Gasteiger partial charge in [-0.2, -0.15) is 0 Å². The van der Waals surface area contributed by atoms with Gasteiger partial charge in [0.1, 0.15) is 0 Å². The van der Waals surface area contributed by atoms with Gasteiger partial charge in [0.25, 0.3) is 0 Å². The first kappa shape index (κ1) is 13.6. The van der Waals surface area contributed by atoms with Crippen LogP contribution in [0.5, 0.6) is 0 Å². The molecule has 2 nitrogen and oxygen atoms in total. The fourth-order valence-electron chi connectivity index (χ4n) is 3.69. The fraction of sp³-hybridized carbons (Fsp3) is 0.143. The molecule has 0 N–H and O–H groups in total. The minimum Gasteiger partial charge on any atom is -0.293 e. The molecule has 2 aliphatic rings. The van der Waals surface area contributed by atoms with Gasteiger partial charge in [-0.3, -0.25) is 9.59 Å². The van der Waals surface area contributed by atoms with E-state index in [-0.39, 0.29) is 23.4 Å². The molecule has 108 valence electrons. The molecule has 0 fully saturated rings. The SMILES string of the molecule is C#Cc1ccc2c(c1)C(=O)[C@@H]1C[C@H]2C(=O)c2cc(C#C)ccc21. The maximum atomic E-state index is 12.9. The molecule has 4 rings (SSSR count). The van der Waals surface area contributed by atoms with Gasteiger partial charge in [0.05, 0.1) is 0 Å². The number of hydrogen-bond donors (Lipinski definition) is 0. The van der Waals surface area contributed by atoms with Crippen molar-refractivity contribution in [2.24, 2.45) is 0 Å². The zero-order valence-electron chi connectivity index (χ0n) is 12.3. The first-order valence-corrected chi connectivity index (χ1v) is 7.43. The van der Waals surface area contributed by atoms with E-state index in [0.29, 0.717) is 28.7 Å². The molecule has 2 aromatic carbocycles. The molecule has 2 heteroatoms. The molecule has 23 heavy (non-hydrogen) atoms. The Bertz CT molecular complexity index is 887. The number of Topliss-reactive ketones (excluding diaryl/α,β-unsaturated/α-hetero) is 2. The van der Waals surface area contributed by atoms with E-state index in [2.05, 4.69) is 11.8 Å². The second kappa shape index (κ2) is 4.70. The van der Waals surface area contributed by atoms with E-state index in [0.717, 1.165) is 11.1 Å². The van der Waals surface area contributed by atoms with Gasteiger partial charge in [-0.1, -0.05) is 24.0 Å². The highest BCUT2D eigenvalue weighted by atomic mass is 16.1. The third-order valence-electron chi connectivity index (χ3n) is 4.83. The van der Waals surface area contributed by atoms with Crippen LogP contribution in [-0.2, 0) is 0 Å². The molecular weight excluding hydrogens is 284 g/mol. The molecule has 2 aromatic rings. The summed E-state index contributed by atoms with van der Waals surface area (Å²) in [6.07, 6.45) is 11.4. The molecule has 0 aliphatic heterocycles. The summed E-state index contributed by atoms with van der Waals surface area (Å²) in [5.74, 6) is 4.59. The highest BCUT2D eigenvalue weighted by Crippen LogP contribution is 2.47. The van der Waals surface area contributed by atoms with Crippen LogP contribution in [0.3, 0.4) is 0 Å². The summed E-state index contributed by atoms with van der Waals surface area (Å²) in [6, 6.07) is 10.7. The maximum Gasteiger partial charge on any atom is 0.170 e. The molecule has 0 aromatic heterocycles. The monoisotopic (exact) mass is 296 g/mol. The van der Waals surface area contributed by atoms with Crippen molar-refractivity contribution in [3.8, 4) is 24.7 Å². The van der Waals surface area contributed by atoms with Crippen molar-refractivity contribution in [3.63, 3.8) is 0 Å². The Morgan fingerprint density at radius 1 is 0.783 bits per heavy atom. The summed E-state index contributed by atoms with van der Waals surface area (Å²) < 4.78 is 0. The average Bonchev–Trinajstić information content (AvgIpc) is 2.60. The van der Waals surface area contributed by atoms with Gasteiger partial charge in [-0.05, 0) is 41.8 Å². The number of carbonyl (C=O) groups excluding carboxylic acids is 2. The molecule has 0 spiro atoms. The van der Waals surface area contributed by atoms with Crippen LogP contribution < -0.4 is 0 Å². The van der Waals surface area contributed by atoms with Crippen LogP contribution in [0.4, 0.5) is 0 Å². The average molecular weight is 296 g/mol. The Morgan fingerprint density at radius 2 is 1.22 bits per heavy atom. The highest BCUT2D eigenvalue weighted by molar-refractivity contribution is 6.14. The van der Waals surface area contributed by atoms with Gasteiger partial charge in [-0.15, -0.1) is 12.8 Å². The van der Waals surface area contributed by atoms with Crippen molar-refractivity contribution in [1.82, 2.24) is 0 Å². The summed E-state index contributed by atoms with van der Waals surface area (Å²) in [4.78, 5) is 25.8. The van der Waals surface area contributed by atoms with E-state index in [1.54, 1.807) is 24.3 Å². The molecule has 0 unspecified atom stereocenters. The van der Waals surface area contributed by atoms with Crippen molar-refractivity contribution in [2.45, 2.75) is 18.3 Å². The van der Waals surface area contributed by atoms with Crippen LogP contribution in [0.25, 0.3) is 0 Å². The number of carbonyl (C=O) groups is 2. The number of terminal acetylenes is 2. The lowest BCUT2D eigenvalue weighted by atomic mass is 9.65. The second-order valence-electron chi connectivity index (χ2n) is 5.96. The Labute approximate surface area is 134 Å². The van der Waals surface area contributed by atoms with E-state index < -0.39 is 0 Å². The van der Waals surface area contributed by atoms with Gasteiger partial charge in [0, 0.05) is 34.1 Å². The van der Waals surface area contributed by atoms with Gasteiger partial charge in [-0.25, -0.2) is 0 Å². The van der Waals surface area contributed by atoms with Crippen LogP contribution in [0.2, 0.25) is 0 Å². The predicted molar refractivity (Wildman–Crippen MR) is 87.5 cm³/mol. The second-order valence-corrected chi connectivity index (χ2v) is 5.96. The summed E-state index contributed by atoms with van der Waals surface area (Å²) in [6.45, 7) is 0. The first-order valence-electron chi connectivity index (χ1n) is 7.43. The van der Waals surface area contributed by atoms with Crippen molar-refractivity contribution in [3.05, 3.63) is 69.8 Å². The number of ketones is 2. The lowest BCUT2D eigenvalue weighted by Gasteiger charge is -2.35. The summed E-state index contributed by atoms with van der Waals surface area (Å²) in [5.41, 5.74) is 4.06. The summed E-state index contributed by atoms with van der Waals surface area (Å²) in [7, 11) is 0. The maximum absolute atomic E-state index is 12.9. The first-order chi connectivity index (χ1) is 11.1. The number of fused-ring (bicyclic) bond motifs is 6. The van der Waals surface area contributed by atoms with Crippen LogP contribution in [0.15, 0.2) is 36.4 Å². The van der Waals surface area contributed by atoms with Crippen molar-refractivity contribution >= 4 is 11.6 Å². The zero-order chi connectivity index (χ0) is 16.1. The largest absolute Gasteiger partial charge is 0.293 e. The van der Waals surface area contributed by atoms with Crippen LogP contribution in [0.1, 0.15) is 61.2 Å². The third-order valence-corrected chi connectivity index (χ3v) is 4.83. The van der Waals surface area contributed by atoms with Crippen LogP contribution in [0, 0.1) is 24.7 Å². The Morgan fingerprint density at radius 3 is 1.61 bits per heavy atom. The normalized spacial score (nSPS) is 21.0. The van der Waals surface area contributed by atoms with E-state index in [1.165, 1.54) is 0 Å². The smallest absolute Gasteiger partial charge is 0.170 e. The Balaban J connectivity index is 1.95. The quantitative estimate of drug-likeness (QED) is 0.699. The topological polar surface area (TPSA) is 34.1 Å². The molecule has 0 saturated carbocycles.